The molecule has 0 bridgehead atoms. The number of carbonyl (C=O) groups is 1. The van der Waals surface area contributed by atoms with Crippen molar-refractivity contribution >= 4 is 30.6 Å². The van der Waals surface area contributed by atoms with Crippen molar-refractivity contribution in [3.05, 3.63) is 41.0 Å². The molecule has 2 aromatic rings. The molecule has 4 N–H and O–H groups in total. The van der Waals surface area contributed by atoms with E-state index in [0.717, 1.165) is 6.07 Å². The van der Waals surface area contributed by atoms with Crippen LogP contribution in [0.25, 0.3) is 6.08 Å². The van der Waals surface area contributed by atoms with Gasteiger partial charge in [-0.15, -0.1) is 0 Å². The summed E-state index contributed by atoms with van der Waals surface area (Å²) in [5.74, 6) is -0.625. The Hall–Kier alpha value is -3.50. The van der Waals surface area contributed by atoms with Crippen molar-refractivity contribution in [3.8, 4) is 11.8 Å². The molecule has 1 unspecified atom stereocenters. The van der Waals surface area contributed by atoms with Gasteiger partial charge in [0.15, 0.2) is 5.82 Å². The molecule has 0 spiro atoms. The first kappa shape index (κ1) is 21.7. The van der Waals surface area contributed by atoms with Crippen LogP contribution < -0.4 is 15.7 Å². The van der Waals surface area contributed by atoms with E-state index in [1.165, 1.54) is 29.0 Å². The summed E-state index contributed by atoms with van der Waals surface area (Å²) in [6.07, 6.45) is -1.64. The van der Waals surface area contributed by atoms with Crippen LogP contribution in [-0.2, 0) is 10.9 Å². The molecule has 1 aromatic carbocycles. The number of hydrogen-bond acceptors (Lipinski definition) is 7. The molecule has 1 amide bonds. The number of alkyl halides is 3. The van der Waals surface area contributed by atoms with Crippen LogP contribution >= 0.6 is 0 Å². The highest BCUT2D eigenvalue weighted by atomic mass is 19.4. The number of hydrogen-bond donors (Lipinski definition) is 3. The molecule has 2 atom stereocenters. The second-order valence-electron chi connectivity index (χ2n) is 7.33. The van der Waals surface area contributed by atoms with Crippen molar-refractivity contribution in [2.24, 2.45) is 11.7 Å². The number of nitriles is 1. The Labute approximate surface area is 180 Å². The number of ether oxygens (including phenoxy) is 1. The molecule has 0 radical (unpaired) electrons. The third-order valence-corrected chi connectivity index (χ3v) is 5.19. The molecule has 1 saturated heterocycles. The van der Waals surface area contributed by atoms with E-state index in [0.29, 0.717) is 13.0 Å². The van der Waals surface area contributed by atoms with Crippen molar-refractivity contribution in [1.29, 1.82) is 5.26 Å². The van der Waals surface area contributed by atoms with E-state index in [2.05, 4.69) is 16.5 Å². The van der Waals surface area contributed by atoms with Crippen LogP contribution in [0.2, 0.25) is 0 Å². The number of nitrogens with one attached hydrogen (secondary N) is 1. The Kier molecular flexibility index (Phi) is 5.58. The lowest BCUT2D eigenvalue weighted by Gasteiger charge is -2.27. The molecule has 0 aliphatic carbocycles. The molecule has 2 aliphatic heterocycles. The van der Waals surface area contributed by atoms with Crippen LogP contribution in [0.5, 0.6) is 5.75 Å². The van der Waals surface area contributed by atoms with E-state index in [9.17, 15) is 28.3 Å². The number of nitrogens with two attached hydrogens (primary N) is 1. The molecule has 1 fully saturated rings. The Bertz CT molecular complexity index is 1130. The van der Waals surface area contributed by atoms with Crippen LogP contribution in [0.1, 0.15) is 33.9 Å². The van der Waals surface area contributed by atoms with E-state index in [-0.39, 0.29) is 29.2 Å². The molecular weight excluding hydrogens is 430 g/mol. The summed E-state index contributed by atoms with van der Waals surface area (Å²) in [7, 11) is -1.50. The van der Waals surface area contributed by atoms with Gasteiger partial charge in [0.2, 0.25) is 0 Å². The van der Waals surface area contributed by atoms with Crippen LogP contribution in [0.15, 0.2) is 24.3 Å². The third kappa shape index (κ3) is 4.14. The van der Waals surface area contributed by atoms with Crippen molar-refractivity contribution in [3.63, 3.8) is 0 Å². The van der Waals surface area contributed by atoms with E-state index in [1.54, 1.807) is 0 Å². The average Bonchev–Trinajstić information content (AvgIpc) is 3.16. The minimum atomic E-state index is -4.77. The first-order valence-corrected chi connectivity index (χ1v) is 9.59. The lowest BCUT2D eigenvalue weighted by atomic mass is 9.85. The van der Waals surface area contributed by atoms with Gasteiger partial charge >= 0.3 is 13.3 Å². The topological polar surface area (TPSA) is 135 Å². The van der Waals surface area contributed by atoms with Gasteiger partial charge in [-0.25, -0.2) is 0 Å². The number of amides is 1. The smallest absolute Gasteiger partial charge is 0.532 e. The van der Waals surface area contributed by atoms with Crippen LogP contribution in [0.4, 0.5) is 24.7 Å². The SMILES string of the molecule is N#CC1CCOC[C@@H]1n1cc(C(N)=O)c(Nc2cc3c(c(C(F)(F)F)c2)OB(O)C=C3)n1. The zero-order valence-corrected chi connectivity index (χ0v) is 16.5. The third-order valence-electron chi connectivity index (χ3n) is 5.19. The molecule has 1 aromatic heterocycles. The predicted octanol–water partition coefficient (Wildman–Crippen LogP) is 2.27. The normalized spacial score (nSPS) is 20.3. The maximum Gasteiger partial charge on any atom is 0.552 e. The fourth-order valence-electron chi connectivity index (χ4n) is 3.64. The number of aromatic nitrogens is 2. The molecule has 4 rings (SSSR count). The minimum Gasteiger partial charge on any atom is -0.532 e. The van der Waals surface area contributed by atoms with Gasteiger partial charge in [-0.1, -0.05) is 6.08 Å². The average molecular weight is 447 g/mol. The molecule has 2 aliphatic rings. The van der Waals surface area contributed by atoms with E-state index < -0.39 is 42.5 Å². The fraction of sp³-hybridized carbons (Fsp3) is 0.316. The first-order valence-electron chi connectivity index (χ1n) is 9.59. The van der Waals surface area contributed by atoms with Crippen molar-refractivity contribution in [2.45, 2.75) is 18.6 Å². The van der Waals surface area contributed by atoms with Gasteiger partial charge < -0.3 is 25.5 Å². The number of halogens is 3. The summed E-state index contributed by atoms with van der Waals surface area (Å²) >= 11 is 0. The molecule has 0 saturated carbocycles. The number of carbonyl (C=O) groups excluding carboxylic acids is 1. The van der Waals surface area contributed by atoms with E-state index in [1.807, 2.05) is 0 Å². The summed E-state index contributed by atoms with van der Waals surface area (Å²) in [4.78, 5) is 11.9. The monoisotopic (exact) mass is 447 g/mol. The lowest BCUT2D eigenvalue weighted by Crippen LogP contribution is -2.29. The summed E-state index contributed by atoms with van der Waals surface area (Å²) in [5.41, 5.74) is 4.33. The first-order chi connectivity index (χ1) is 15.2. The Morgan fingerprint density at radius 2 is 2.22 bits per heavy atom. The van der Waals surface area contributed by atoms with Gasteiger partial charge in [0.25, 0.3) is 5.91 Å². The molecular formula is C19H17BF3N5O4. The van der Waals surface area contributed by atoms with Crippen LogP contribution in [-0.4, -0.2) is 41.0 Å². The fourth-order valence-corrected chi connectivity index (χ4v) is 3.64. The number of nitrogens with zero attached hydrogens (tertiary/aromatic N) is 3. The summed E-state index contributed by atoms with van der Waals surface area (Å²) in [5, 5.41) is 25.9. The summed E-state index contributed by atoms with van der Waals surface area (Å²) in [6, 6.07) is 3.85. The summed E-state index contributed by atoms with van der Waals surface area (Å²) < 4.78 is 52.5. The van der Waals surface area contributed by atoms with Gasteiger partial charge in [0, 0.05) is 24.1 Å². The number of fused-ring (bicyclic) bond motifs is 1. The largest absolute Gasteiger partial charge is 0.552 e. The molecule has 3 heterocycles. The standard InChI is InChI=1S/C19H17BF3N5O4/c21-19(22,23)14-6-12(5-10-1-3-20(30)32-16(10)14)26-18-13(17(25)29)8-28(27-18)15-9-31-4-2-11(15)7-24/h1,3,5-6,8,11,15,30H,2,4,9H2,(H2,25,29)(H,26,27)/t11?,15-/m0/s1. The maximum atomic E-state index is 13.6. The zero-order chi connectivity index (χ0) is 23.0. The van der Waals surface area contributed by atoms with Gasteiger partial charge in [-0.05, 0) is 24.5 Å². The predicted molar refractivity (Wildman–Crippen MR) is 107 cm³/mol. The molecule has 32 heavy (non-hydrogen) atoms. The quantitative estimate of drug-likeness (QED) is 0.612. The van der Waals surface area contributed by atoms with Crippen LogP contribution in [0.3, 0.4) is 0 Å². The molecule has 13 heteroatoms. The van der Waals surface area contributed by atoms with Gasteiger partial charge in [0.1, 0.15) is 11.3 Å². The van der Waals surface area contributed by atoms with Gasteiger partial charge in [-0.3, -0.25) is 9.48 Å². The Morgan fingerprint density at radius 3 is 2.91 bits per heavy atom. The zero-order valence-electron chi connectivity index (χ0n) is 16.5. The highest BCUT2D eigenvalue weighted by Gasteiger charge is 2.38. The second-order valence-corrected chi connectivity index (χ2v) is 7.33. The summed E-state index contributed by atoms with van der Waals surface area (Å²) in [6.45, 7) is 0.614. The van der Waals surface area contributed by atoms with E-state index in [4.69, 9.17) is 15.1 Å². The maximum absolute atomic E-state index is 13.6. The highest BCUT2D eigenvalue weighted by molar-refractivity contribution is 6.51. The number of benzene rings is 1. The van der Waals surface area contributed by atoms with Crippen LogP contribution in [0, 0.1) is 17.2 Å². The van der Waals surface area contributed by atoms with Crippen molar-refractivity contribution in [1.82, 2.24) is 9.78 Å². The van der Waals surface area contributed by atoms with E-state index >= 15 is 0 Å². The number of primary amides is 1. The van der Waals surface area contributed by atoms with Crippen molar-refractivity contribution in [2.75, 3.05) is 18.5 Å². The van der Waals surface area contributed by atoms with Crippen molar-refractivity contribution < 1.29 is 32.4 Å². The highest BCUT2D eigenvalue weighted by Crippen LogP contribution is 2.42. The second kappa shape index (κ2) is 8.21. The molecule has 9 nitrogen and oxygen atoms in total. The lowest BCUT2D eigenvalue weighted by molar-refractivity contribution is -0.138. The van der Waals surface area contributed by atoms with Gasteiger partial charge in [0.05, 0.1) is 30.2 Å². The van der Waals surface area contributed by atoms with Gasteiger partial charge in [-0.2, -0.15) is 23.5 Å². The number of rotatable bonds is 4. The Morgan fingerprint density at radius 1 is 1.44 bits per heavy atom. The number of anilines is 2. The molecule has 166 valence electrons. The minimum absolute atomic E-state index is 0.0230. The Balaban J connectivity index is 1.73.